The van der Waals surface area contributed by atoms with Crippen molar-refractivity contribution in [2.75, 3.05) is 19.7 Å². The number of aryl methyl sites for hydroxylation is 1. The number of rotatable bonds is 6. The zero-order chi connectivity index (χ0) is 12.1. The second-order valence-electron chi connectivity index (χ2n) is 4.54. The van der Waals surface area contributed by atoms with Crippen LogP contribution in [0.4, 0.5) is 0 Å². The monoisotopic (exact) mass is 239 g/mol. The van der Waals surface area contributed by atoms with E-state index in [1.54, 1.807) is 0 Å². The Labute approximate surface area is 102 Å². The van der Waals surface area contributed by atoms with Gasteiger partial charge in [0, 0.05) is 13.0 Å². The van der Waals surface area contributed by atoms with Crippen LogP contribution in [0.25, 0.3) is 0 Å². The molecule has 0 saturated carbocycles. The Bertz CT molecular complexity index is 334. The highest BCUT2D eigenvalue weighted by atomic mass is 16.5. The summed E-state index contributed by atoms with van der Waals surface area (Å²) in [6, 6.07) is 0. The average molecular weight is 239 g/mol. The number of aromatic nitrogens is 2. The van der Waals surface area contributed by atoms with Crippen molar-refractivity contribution in [3.05, 3.63) is 11.7 Å². The van der Waals surface area contributed by atoms with E-state index in [1.165, 1.54) is 6.42 Å². The quantitative estimate of drug-likeness (QED) is 0.819. The highest BCUT2D eigenvalue weighted by Crippen LogP contribution is 2.17. The van der Waals surface area contributed by atoms with Crippen molar-refractivity contribution in [2.45, 2.75) is 39.2 Å². The summed E-state index contributed by atoms with van der Waals surface area (Å²) in [5.41, 5.74) is 0. The van der Waals surface area contributed by atoms with E-state index in [0.29, 0.717) is 12.4 Å². The molecule has 96 valence electrons. The molecule has 1 saturated heterocycles. The second-order valence-corrected chi connectivity index (χ2v) is 4.54. The van der Waals surface area contributed by atoms with Crippen molar-refractivity contribution in [1.82, 2.24) is 15.5 Å². The van der Waals surface area contributed by atoms with Crippen LogP contribution in [0, 0.1) is 5.92 Å². The smallest absolute Gasteiger partial charge is 0.226 e. The van der Waals surface area contributed by atoms with Crippen LogP contribution in [-0.2, 0) is 11.2 Å². The summed E-state index contributed by atoms with van der Waals surface area (Å²) in [6.45, 7) is 6.83. The van der Waals surface area contributed by atoms with Gasteiger partial charge in [0.15, 0.2) is 5.82 Å². The van der Waals surface area contributed by atoms with Gasteiger partial charge in [-0.25, -0.2) is 0 Å². The summed E-state index contributed by atoms with van der Waals surface area (Å²) in [6.07, 6.45) is 3.18. The Kier molecular flexibility index (Phi) is 4.50. The van der Waals surface area contributed by atoms with Crippen LogP contribution < -0.4 is 5.32 Å². The first-order chi connectivity index (χ1) is 8.29. The van der Waals surface area contributed by atoms with Crippen LogP contribution in [0.1, 0.15) is 44.5 Å². The summed E-state index contributed by atoms with van der Waals surface area (Å²) in [5.74, 6) is 2.15. The third-order valence-electron chi connectivity index (χ3n) is 3.19. The third kappa shape index (κ3) is 3.51. The minimum atomic E-state index is -0.0781. The summed E-state index contributed by atoms with van der Waals surface area (Å²) < 4.78 is 10.7. The van der Waals surface area contributed by atoms with Crippen molar-refractivity contribution >= 4 is 0 Å². The van der Waals surface area contributed by atoms with Gasteiger partial charge in [-0.1, -0.05) is 5.16 Å². The maximum Gasteiger partial charge on any atom is 0.226 e. The number of ether oxygens (including phenoxy) is 1. The third-order valence-corrected chi connectivity index (χ3v) is 3.19. The van der Waals surface area contributed by atoms with E-state index >= 15 is 0 Å². The molecule has 1 aromatic rings. The highest BCUT2D eigenvalue weighted by Gasteiger charge is 2.17. The molecule has 1 fully saturated rings. The SMILES string of the molecule is CCOC(C)c1noc(CCC2CCNC2)n1. The molecule has 0 amide bonds. The molecule has 2 unspecified atom stereocenters. The van der Waals surface area contributed by atoms with E-state index in [1.807, 2.05) is 13.8 Å². The van der Waals surface area contributed by atoms with Gasteiger partial charge >= 0.3 is 0 Å². The molecule has 5 nitrogen and oxygen atoms in total. The maximum atomic E-state index is 5.42. The molecule has 5 heteroatoms. The van der Waals surface area contributed by atoms with E-state index in [-0.39, 0.29) is 6.10 Å². The lowest BCUT2D eigenvalue weighted by Gasteiger charge is -2.05. The van der Waals surface area contributed by atoms with E-state index in [4.69, 9.17) is 9.26 Å². The first-order valence-corrected chi connectivity index (χ1v) is 6.44. The van der Waals surface area contributed by atoms with Crippen molar-refractivity contribution in [3.8, 4) is 0 Å². The number of hydrogen-bond donors (Lipinski definition) is 1. The van der Waals surface area contributed by atoms with Crippen LogP contribution in [0.3, 0.4) is 0 Å². The summed E-state index contributed by atoms with van der Waals surface area (Å²) in [5, 5.41) is 7.32. The normalized spacial score (nSPS) is 21.9. The van der Waals surface area contributed by atoms with Gasteiger partial charge in [0.05, 0.1) is 0 Å². The molecular formula is C12H21N3O2. The van der Waals surface area contributed by atoms with Gasteiger partial charge in [-0.2, -0.15) is 4.98 Å². The Hall–Kier alpha value is -0.940. The molecule has 1 aliphatic rings. The summed E-state index contributed by atoms with van der Waals surface area (Å²) in [4.78, 5) is 4.37. The topological polar surface area (TPSA) is 60.2 Å². The maximum absolute atomic E-state index is 5.42. The standard InChI is InChI=1S/C12H21N3O2/c1-3-16-9(2)12-14-11(17-15-12)5-4-10-6-7-13-8-10/h9-10,13H,3-8H2,1-2H3. The van der Waals surface area contributed by atoms with E-state index < -0.39 is 0 Å². The number of nitrogens with one attached hydrogen (secondary N) is 1. The molecule has 0 aromatic carbocycles. The fraction of sp³-hybridized carbons (Fsp3) is 0.833. The van der Waals surface area contributed by atoms with Gasteiger partial charge in [-0.05, 0) is 45.7 Å². The van der Waals surface area contributed by atoms with E-state index in [9.17, 15) is 0 Å². The van der Waals surface area contributed by atoms with E-state index in [2.05, 4.69) is 15.5 Å². The van der Waals surface area contributed by atoms with Crippen molar-refractivity contribution < 1.29 is 9.26 Å². The molecule has 1 aliphatic heterocycles. The molecule has 2 rings (SSSR count). The summed E-state index contributed by atoms with van der Waals surface area (Å²) >= 11 is 0. The minimum absolute atomic E-state index is 0.0781. The zero-order valence-corrected chi connectivity index (χ0v) is 10.6. The molecule has 0 aliphatic carbocycles. The van der Waals surface area contributed by atoms with Gasteiger partial charge in [0.25, 0.3) is 0 Å². The molecule has 2 atom stereocenters. The average Bonchev–Trinajstić information content (AvgIpc) is 2.98. The Morgan fingerprint density at radius 1 is 1.59 bits per heavy atom. The lowest BCUT2D eigenvalue weighted by atomic mass is 10.0. The molecule has 0 spiro atoms. The van der Waals surface area contributed by atoms with Crippen molar-refractivity contribution in [1.29, 1.82) is 0 Å². The highest BCUT2D eigenvalue weighted by molar-refractivity contribution is 4.90. The van der Waals surface area contributed by atoms with Crippen molar-refractivity contribution in [2.24, 2.45) is 5.92 Å². The number of nitrogens with zero attached hydrogens (tertiary/aromatic N) is 2. The first-order valence-electron chi connectivity index (χ1n) is 6.44. The predicted octanol–water partition coefficient (Wildman–Crippen LogP) is 1.71. The first kappa shape index (κ1) is 12.5. The second kappa shape index (κ2) is 6.12. The lowest BCUT2D eigenvalue weighted by Crippen LogP contribution is -2.09. The largest absolute Gasteiger partial charge is 0.371 e. The molecule has 0 bridgehead atoms. The van der Waals surface area contributed by atoms with Gasteiger partial charge in [-0.3, -0.25) is 0 Å². The molecular weight excluding hydrogens is 218 g/mol. The molecule has 0 radical (unpaired) electrons. The van der Waals surface area contributed by atoms with Crippen LogP contribution in [0.5, 0.6) is 0 Å². The van der Waals surface area contributed by atoms with E-state index in [0.717, 1.165) is 37.7 Å². The fourth-order valence-corrected chi connectivity index (χ4v) is 2.15. The van der Waals surface area contributed by atoms with Gasteiger partial charge in [0.1, 0.15) is 6.10 Å². The Morgan fingerprint density at radius 2 is 2.47 bits per heavy atom. The zero-order valence-electron chi connectivity index (χ0n) is 10.6. The number of hydrogen-bond acceptors (Lipinski definition) is 5. The van der Waals surface area contributed by atoms with Gasteiger partial charge < -0.3 is 14.6 Å². The lowest BCUT2D eigenvalue weighted by molar-refractivity contribution is 0.0683. The van der Waals surface area contributed by atoms with Gasteiger partial charge in [0.2, 0.25) is 5.89 Å². The van der Waals surface area contributed by atoms with Crippen LogP contribution in [0.2, 0.25) is 0 Å². The Balaban J connectivity index is 1.80. The molecule has 17 heavy (non-hydrogen) atoms. The molecule has 1 N–H and O–H groups in total. The van der Waals surface area contributed by atoms with Crippen LogP contribution in [0.15, 0.2) is 4.52 Å². The van der Waals surface area contributed by atoms with Crippen molar-refractivity contribution in [3.63, 3.8) is 0 Å². The Morgan fingerprint density at radius 3 is 3.18 bits per heavy atom. The fourth-order valence-electron chi connectivity index (χ4n) is 2.15. The molecule has 2 heterocycles. The minimum Gasteiger partial charge on any atom is -0.371 e. The predicted molar refractivity (Wildman–Crippen MR) is 63.6 cm³/mol. The van der Waals surface area contributed by atoms with Gasteiger partial charge in [-0.15, -0.1) is 0 Å². The summed E-state index contributed by atoms with van der Waals surface area (Å²) in [7, 11) is 0. The van der Waals surface area contributed by atoms with Crippen LogP contribution >= 0.6 is 0 Å². The molecule has 1 aromatic heterocycles. The van der Waals surface area contributed by atoms with Crippen LogP contribution in [-0.4, -0.2) is 29.8 Å².